The van der Waals surface area contributed by atoms with Crippen molar-refractivity contribution in [3.05, 3.63) is 90.3 Å². The Labute approximate surface area is 271 Å². The molecule has 0 saturated carbocycles. The molecule has 242 valence electrons. The van der Waals surface area contributed by atoms with Crippen molar-refractivity contribution in [1.82, 2.24) is 4.98 Å². The summed E-state index contributed by atoms with van der Waals surface area (Å²) in [5, 5.41) is 2.77. The molecule has 0 N–H and O–H groups in total. The molecule has 2 aromatic carbocycles. The molecular formula is C40H61NO2Si. The van der Waals surface area contributed by atoms with Crippen LogP contribution < -0.4 is 10.4 Å². The zero-order valence-corrected chi connectivity index (χ0v) is 29.8. The number of benzene rings is 2. The average Bonchev–Trinajstić information content (AvgIpc) is 3.03. The van der Waals surface area contributed by atoms with Gasteiger partial charge in [-0.1, -0.05) is 146 Å². The van der Waals surface area contributed by atoms with Crippen molar-refractivity contribution in [3.8, 4) is 0 Å². The van der Waals surface area contributed by atoms with Crippen molar-refractivity contribution in [2.24, 2.45) is 0 Å². The third kappa shape index (κ3) is 11.0. The Hall–Kier alpha value is -2.27. The Balaban J connectivity index is 1.51. The second-order valence-corrected chi connectivity index (χ2v) is 18.1. The highest BCUT2D eigenvalue weighted by Gasteiger charge is 2.49. The second kappa shape index (κ2) is 19.3. The monoisotopic (exact) mass is 615 g/mol. The molecule has 0 radical (unpaired) electrons. The summed E-state index contributed by atoms with van der Waals surface area (Å²) in [6, 6.07) is 28.5. The Bertz CT molecular complexity index is 1120. The molecule has 0 aliphatic carbocycles. The van der Waals surface area contributed by atoms with E-state index in [0.29, 0.717) is 12.0 Å². The molecule has 0 aliphatic rings. The molecule has 0 spiro atoms. The lowest BCUT2D eigenvalue weighted by Crippen LogP contribution is -2.66. The minimum Gasteiger partial charge on any atom is -0.407 e. The minimum atomic E-state index is -2.43. The van der Waals surface area contributed by atoms with Gasteiger partial charge in [0.15, 0.2) is 0 Å². The summed E-state index contributed by atoms with van der Waals surface area (Å²) in [7, 11) is -0.543. The summed E-state index contributed by atoms with van der Waals surface area (Å²) in [5.74, 6) is 0.515. The smallest absolute Gasteiger partial charge is 0.261 e. The van der Waals surface area contributed by atoms with Gasteiger partial charge in [0.05, 0.1) is 6.10 Å². The predicted molar refractivity (Wildman–Crippen MR) is 192 cm³/mol. The summed E-state index contributed by atoms with van der Waals surface area (Å²) < 4.78 is 13.0. The van der Waals surface area contributed by atoms with Crippen LogP contribution >= 0.6 is 0 Å². The molecule has 4 heteroatoms. The number of pyridine rings is 1. The first kappa shape index (κ1) is 36.2. The Morgan fingerprint density at radius 1 is 0.659 bits per heavy atom. The van der Waals surface area contributed by atoms with E-state index in [4.69, 9.17) is 14.1 Å². The average molecular weight is 616 g/mol. The van der Waals surface area contributed by atoms with Crippen molar-refractivity contribution in [2.75, 3.05) is 13.7 Å². The predicted octanol–water partition coefficient (Wildman–Crippen LogP) is 10.2. The molecule has 0 bridgehead atoms. The number of hydrogen-bond donors (Lipinski definition) is 0. The number of hydrogen-bond acceptors (Lipinski definition) is 3. The van der Waals surface area contributed by atoms with Gasteiger partial charge in [0.2, 0.25) is 0 Å². The fourth-order valence-electron chi connectivity index (χ4n) is 6.81. The number of ether oxygens (including phenoxy) is 1. The van der Waals surface area contributed by atoms with Gasteiger partial charge in [-0.15, -0.1) is 0 Å². The highest BCUT2D eigenvalue weighted by atomic mass is 28.4. The van der Waals surface area contributed by atoms with Crippen LogP contribution in [-0.4, -0.2) is 33.1 Å². The molecule has 3 rings (SSSR count). The van der Waals surface area contributed by atoms with Crippen LogP contribution in [-0.2, 0) is 9.16 Å². The maximum Gasteiger partial charge on any atom is 0.261 e. The zero-order chi connectivity index (χ0) is 31.7. The Morgan fingerprint density at radius 3 is 1.84 bits per heavy atom. The first-order valence-electron chi connectivity index (χ1n) is 17.5. The molecule has 1 aromatic heterocycles. The summed E-state index contributed by atoms with van der Waals surface area (Å²) in [5.41, 5.74) is 2.39. The van der Waals surface area contributed by atoms with Gasteiger partial charge in [-0.3, -0.25) is 4.98 Å². The van der Waals surface area contributed by atoms with Crippen LogP contribution in [0.3, 0.4) is 0 Å². The van der Waals surface area contributed by atoms with E-state index in [-0.39, 0.29) is 5.04 Å². The lowest BCUT2D eigenvalue weighted by Gasteiger charge is -2.43. The standard InChI is InChI=1S/C40H61NO2Si/c1-7-8-9-16-25-36(42-6)32-31-35(39-30-22-23-34(2)41-39)24-15-11-10-12-21-33-43-44(40(3,4)5,37-26-17-13-18-27-37)38-28-19-14-20-29-38/h13-14,17-20,22-23,26-30,35-36H,7-12,15-16,21,24-25,31-33H2,1-6H3/t35?,36-/m1/s1. The fraction of sp³-hybridized carbons (Fsp3) is 0.575. The molecule has 1 heterocycles. The zero-order valence-electron chi connectivity index (χ0n) is 28.8. The lowest BCUT2D eigenvalue weighted by molar-refractivity contribution is 0.0816. The van der Waals surface area contributed by atoms with Gasteiger partial charge in [-0.25, -0.2) is 0 Å². The molecule has 44 heavy (non-hydrogen) atoms. The summed E-state index contributed by atoms with van der Waals surface area (Å²) >= 11 is 0. The number of unbranched alkanes of at least 4 members (excludes halogenated alkanes) is 7. The third-order valence-electron chi connectivity index (χ3n) is 9.31. The van der Waals surface area contributed by atoms with Gasteiger partial charge < -0.3 is 9.16 Å². The molecule has 3 nitrogen and oxygen atoms in total. The third-order valence-corrected chi connectivity index (χ3v) is 14.4. The molecule has 0 aliphatic heterocycles. The van der Waals surface area contributed by atoms with Gasteiger partial charge >= 0.3 is 0 Å². The molecule has 3 aromatic rings. The van der Waals surface area contributed by atoms with Crippen LogP contribution in [0.2, 0.25) is 5.04 Å². The van der Waals surface area contributed by atoms with E-state index < -0.39 is 8.32 Å². The maximum atomic E-state index is 7.11. The maximum absolute atomic E-state index is 7.11. The number of methoxy groups -OCH3 is 1. The normalized spacial score (nSPS) is 13.6. The fourth-order valence-corrected chi connectivity index (χ4v) is 11.4. The Morgan fingerprint density at radius 2 is 1.25 bits per heavy atom. The van der Waals surface area contributed by atoms with E-state index in [1.54, 1.807) is 0 Å². The van der Waals surface area contributed by atoms with Gasteiger partial charge in [0.1, 0.15) is 0 Å². The van der Waals surface area contributed by atoms with Crippen LogP contribution in [0, 0.1) is 6.92 Å². The molecule has 0 saturated heterocycles. The molecule has 1 unspecified atom stereocenters. The molecule has 2 atom stereocenters. The first-order valence-corrected chi connectivity index (χ1v) is 19.4. The van der Waals surface area contributed by atoms with E-state index in [1.807, 2.05) is 7.11 Å². The number of aryl methyl sites for hydroxylation is 1. The van der Waals surface area contributed by atoms with Crippen molar-refractivity contribution in [3.63, 3.8) is 0 Å². The number of nitrogens with zero attached hydrogens (tertiary/aromatic N) is 1. The van der Waals surface area contributed by atoms with E-state index in [1.165, 1.54) is 80.3 Å². The minimum absolute atomic E-state index is 0.0336. The lowest BCUT2D eigenvalue weighted by atomic mass is 9.90. The topological polar surface area (TPSA) is 31.4 Å². The van der Waals surface area contributed by atoms with Crippen LogP contribution in [0.4, 0.5) is 0 Å². The van der Waals surface area contributed by atoms with Gasteiger partial charge in [-0.05, 0) is 66.6 Å². The van der Waals surface area contributed by atoms with Crippen molar-refractivity contribution in [2.45, 2.75) is 135 Å². The van der Waals surface area contributed by atoms with Crippen LogP contribution in [0.1, 0.15) is 128 Å². The number of aromatic nitrogens is 1. The Kier molecular flexibility index (Phi) is 15.9. The van der Waals surface area contributed by atoms with E-state index in [2.05, 4.69) is 113 Å². The van der Waals surface area contributed by atoms with Gasteiger partial charge in [0, 0.05) is 31.0 Å². The second-order valence-electron chi connectivity index (χ2n) is 13.8. The van der Waals surface area contributed by atoms with Crippen molar-refractivity contribution in [1.29, 1.82) is 0 Å². The van der Waals surface area contributed by atoms with Crippen molar-refractivity contribution >= 4 is 18.7 Å². The first-order chi connectivity index (χ1) is 21.3. The molecule has 0 fully saturated rings. The molecular weight excluding hydrogens is 555 g/mol. The SMILES string of the molecule is CCCCCC[C@H](CCC(CCCCCCCO[Si](c1ccccc1)(c1ccccc1)C(C)(C)C)c1cccc(C)n1)OC. The van der Waals surface area contributed by atoms with Crippen LogP contribution in [0.5, 0.6) is 0 Å². The summed E-state index contributed by atoms with van der Waals surface area (Å²) in [6.45, 7) is 12.3. The van der Waals surface area contributed by atoms with E-state index in [9.17, 15) is 0 Å². The molecule has 0 amide bonds. The quantitative estimate of drug-likeness (QED) is 0.0882. The summed E-state index contributed by atoms with van der Waals surface area (Å²) in [4.78, 5) is 4.94. The highest BCUT2D eigenvalue weighted by molar-refractivity contribution is 6.99. The largest absolute Gasteiger partial charge is 0.407 e. The van der Waals surface area contributed by atoms with E-state index >= 15 is 0 Å². The van der Waals surface area contributed by atoms with E-state index in [0.717, 1.165) is 31.6 Å². The highest BCUT2D eigenvalue weighted by Crippen LogP contribution is 2.37. The van der Waals surface area contributed by atoms with Crippen LogP contribution in [0.15, 0.2) is 78.9 Å². The summed E-state index contributed by atoms with van der Waals surface area (Å²) in [6.07, 6.45) is 16.4. The number of rotatable bonds is 21. The van der Waals surface area contributed by atoms with Crippen molar-refractivity contribution < 1.29 is 9.16 Å². The van der Waals surface area contributed by atoms with Crippen LogP contribution in [0.25, 0.3) is 0 Å². The van der Waals surface area contributed by atoms with Gasteiger partial charge in [0.25, 0.3) is 8.32 Å². The van der Waals surface area contributed by atoms with Gasteiger partial charge in [-0.2, -0.15) is 0 Å².